The standard InChI is InChI=1S/C13H16FNO/c14-16-11-13-6-8-15(9-7-13)10-12-4-2-1-3-5-12/h1-6H,7-11H2. The van der Waals surface area contributed by atoms with E-state index in [1.165, 1.54) is 5.56 Å². The van der Waals surface area contributed by atoms with Crippen molar-refractivity contribution in [2.24, 2.45) is 0 Å². The van der Waals surface area contributed by atoms with Crippen molar-refractivity contribution in [2.75, 3.05) is 19.7 Å². The molecule has 0 aromatic heterocycles. The number of hydrogen-bond acceptors (Lipinski definition) is 2. The summed E-state index contributed by atoms with van der Waals surface area (Å²) in [6.45, 7) is 2.94. The Morgan fingerprint density at radius 2 is 2.06 bits per heavy atom. The second-order valence-corrected chi connectivity index (χ2v) is 4.09. The Balaban J connectivity index is 1.86. The molecule has 86 valence electrons. The molecule has 0 aliphatic carbocycles. The molecule has 1 aromatic rings. The lowest BCUT2D eigenvalue weighted by molar-refractivity contribution is -0.122. The van der Waals surface area contributed by atoms with Crippen molar-refractivity contribution in [2.45, 2.75) is 13.0 Å². The summed E-state index contributed by atoms with van der Waals surface area (Å²) in [5.41, 5.74) is 2.38. The van der Waals surface area contributed by atoms with Gasteiger partial charge in [0.25, 0.3) is 0 Å². The van der Waals surface area contributed by atoms with E-state index in [4.69, 9.17) is 0 Å². The van der Waals surface area contributed by atoms with E-state index < -0.39 is 0 Å². The van der Waals surface area contributed by atoms with Crippen LogP contribution in [0.1, 0.15) is 12.0 Å². The van der Waals surface area contributed by atoms with Crippen molar-refractivity contribution in [1.29, 1.82) is 0 Å². The van der Waals surface area contributed by atoms with Gasteiger partial charge in [0.05, 0.1) is 0 Å². The minimum atomic E-state index is 0.124. The third-order valence-corrected chi connectivity index (χ3v) is 2.88. The molecule has 1 aliphatic heterocycles. The maximum Gasteiger partial charge on any atom is 0.109 e. The first-order chi connectivity index (χ1) is 7.88. The Morgan fingerprint density at radius 1 is 1.25 bits per heavy atom. The smallest absolute Gasteiger partial charge is 0.109 e. The summed E-state index contributed by atoms with van der Waals surface area (Å²) in [6, 6.07) is 10.4. The van der Waals surface area contributed by atoms with E-state index in [1.54, 1.807) is 0 Å². The molecule has 0 saturated carbocycles. The van der Waals surface area contributed by atoms with E-state index >= 15 is 0 Å². The summed E-state index contributed by atoms with van der Waals surface area (Å²) in [5.74, 6) is 0. The van der Waals surface area contributed by atoms with Crippen LogP contribution in [0.4, 0.5) is 4.53 Å². The van der Waals surface area contributed by atoms with Crippen LogP contribution in [0.2, 0.25) is 0 Å². The zero-order chi connectivity index (χ0) is 11.2. The Kier molecular flexibility index (Phi) is 4.08. The van der Waals surface area contributed by atoms with Gasteiger partial charge in [-0.25, -0.2) is 0 Å². The molecule has 0 saturated heterocycles. The van der Waals surface area contributed by atoms with Gasteiger partial charge in [-0.15, -0.1) is 0 Å². The molecule has 0 fully saturated rings. The SMILES string of the molecule is FOCC1=CCN(Cc2ccccc2)CC1. The molecule has 0 spiro atoms. The second kappa shape index (κ2) is 5.77. The lowest BCUT2D eigenvalue weighted by Crippen LogP contribution is -2.28. The van der Waals surface area contributed by atoms with Crippen molar-refractivity contribution in [3.05, 3.63) is 47.5 Å². The molecule has 1 heterocycles. The van der Waals surface area contributed by atoms with Crippen LogP contribution in [-0.4, -0.2) is 24.6 Å². The van der Waals surface area contributed by atoms with Gasteiger partial charge >= 0.3 is 0 Å². The lowest BCUT2D eigenvalue weighted by atomic mass is 10.1. The molecule has 0 N–H and O–H groups in total. The lowest BCUT2D eigenvalue weighted by Gasteiger charge is -2.25. The molecule has 0 amide bonds. The third kappa shape index (κ3) is 3.15. The van der Waals surface area contributed by atoms with E-state index in [2.05, 4.69) is 40.2 Å². The topological polar surface area (TPSA) is 12.5 Å². The van der Waals surface area contributed by atoms with Crippen LogP contribution in [0.25, 0.3) is 0 Å². The van der Waals surface area contributed by atoms with E-state index in [-0.39, 0.29) is 6.61 Å². The number of nitrogens with zero attached hydrogens (tertiary/aromatic N) is 1. The van der Waals surface area contributed by atoms with Crippen molar-refractivity contribution in [3.63, 3.8) is 0 Å². The molecule has 1 aliphatic rings. The van der Waals surface area contributed by atoms with Gasteiger partial charge in [-0.2, -0.15) is 4.94 Å². The largest absolute Gasteiger partial charge is 0.295 e. The third-order valence-electron chi connectivity index (χ3n) is 2.88. The minimum absolute atomic E-state index is 0.124. The molecular weight excluding hydrogens is 205 g/mol. The molecule has 0 unspecified atom stereocenters. The zero-order valence-electron chi connectivity index (χ0n) is 9.23. The first-order valence-corrected chi connectivity index (χ1v) is 5.56. The molecule has 2 rings (SSSR count). The Labute approximate surface area is 95.2 Å². The summed E-state index contributed by atoms with van der Waals surface area (Å²) in [4.78, 5) is 5.99. The van der Waals surface area contributed by atoms with Crippen molar-refractivity contribution in [1.82, 2.24) is 4.90 Å². The van der Waals surface area contributed by atoms with E-state index in [9.17, 15) is 4.53 Å². The fraction of sp³-hybridized carbons (Fsp3) is 0.385. The maximum absolute atomic E-state index is 11.7. The zero-order valence-corrected chi connectivity index (χ0v) is 9.23. The normalized spacial score (nSPS) is 17.2. The van der Waals surface area contributed by atoms with Gasteiger partial charge < -0.3 is 0 Å². The summed E-state index contributed by atoms with van der Waals surface area (Å²) in [6.07, 6.45) is 2.96. The van der Waals surface area contributed by atoms with E-state index in [0.717, 1.165) is 31.6 Å². The van der Waals surface area contributed by atoms with E-state index in [0.29, 0.717) is 0 Å². The van der Waals surface area contributed by atoms with Crippen LogP contribution in [0, 0.1) is 0 Å². The van der Waals surface area contributed by atoms with Gasteiger partial charge in [0.2, 0.25) is 0 Å². The molecule has 0 radical (unpaired) electrons. The summed E-state index contributed by atoms with van der Waals surface area (Å²) in [5, 5.41) is 0. The number of hydrogen-bond donors (Lipinski definition) is 0. The van der Waals surface area contributed by atoms with Gasteiger partial charge in [-0.05, 0) is 22.1 Å². The molecule has 0 atom stereocenters. The fourth-order valence-electron chi connectivity index (χ4n) is 1.94. The fourth-order valence-corrected chi connectivity index (χ4v) is 1.94. The van der Waals surface area contributed by atoms with Crippen LogP contribution in [0.3, 0.4) is 0 Å². The van der Waals surface area contributed by atoms with E-state index in [1.807, 2.05) is 6.07 Å². The van der Waals surface area contributed by atoms with Crippen LogP contribution in [0.15, 0.2) is 42.0 Å². The monoisotopic (exact) mass is 221 g/mol. The average molecular weight is 221 g/mol. The highest BCUT2D eigenvalue weighted by molar-refractivity contribution is 5.15. The number of rotatable bonds is 4. The first-order valence-electron chi connectivity index (χ1n) is 5.56. The van der Waals surface area contributed by atoms with Gasteiger partial charge in [0.1, 0.15) is 6.61 Å². The summed E-state index contributed by atoms with van der Waals surface area (Å²) < 4.78 is 11.7. The van der Waals surface area contributed by atoms with Crippen molar-refractivity contribution >= 4 is 0 Å². The summed E-state index contributed by atoms with van der Waals surface area (Å²) >= 11 is 0. The average Bonchev–Trinajstić information content (AvgIpc) is 2.33. The van der Waals surface area contributed by atoms with Gasteiger partial charge in [-0.3, -0.25) is 4.90 Å². The van der Waals surface area contributed by atoms with Gasteiger partial charge in [-0.1, -0.05) is 36.4 Å². The quantitative estimate of drug-likeness (QED) is 0.725. The molecule has 3 heteroatoms. The highest BCUT2D eigenvalue weighted by Gasteiger charge is 2.11. The highest BCUT2D eigenvalue weighted by Crippen LogP contribution is 2.14. The second-order valence-electron chi connectivity index (χ2n) is 4.09. The molecular formula is C13H16FNO. The predicted octanol–water partition coefficient (Wildman–Crippen LogP) is 2.72. The molecule has 1 aromatic carbocycles. The number of benzene rings is 1. The first kappa shape index (κ1) is 11.3. The van der Waals surface area contributed by atoms with Crippen LogP contribution in [0.5, 0.6) is 0 Å². The van der Waals surface area contributed by atoms with Crippen LogP contribution in [-0.2, 0) is 11.5 Å². The molecule has 16 heavy (non-hydrogen) atoms. The number of halogens is 1. The van der Waals surface area contributed by atoms with Crippen LogP contribution < -0.4 is 0 Å². The maximum atomic E-state index is 11.7. The van der Waals surface area contributed by atoms with Crippen LogP contribution >= 0.6 is 0 Å². The predicted molar refractivity (Wildman–Crippen MR) is 61.5 cm³/mol. The Morgan fingerprint density at radius 3 is 2.69 bits per heavy atom. The molecule has 0 bridgehead atoms. The van der Waals surface area contributed by atoms with Crippen molar-refractivity contribution in [3.8, 4) is 0 Å². The van der Waals surface area contributed by atoms with Gasteiger partial charge in [0, 0.05) is 19.6 Å². The van der Waals surface area contributed by atoms with Crippen molar-refractivity contribution < 1.29 is 9.47 Å². The van der Waals surface area contributed by atoms with Gasteiger partial charge in [0.15, 0.2) is 0 Å². The Hall–Kier alpha value is -1.19. The highest BCUT2D eigenvalue weighted by atomic mass is 19.3. The Bertz CT molecular complexity index is 350. The summed E-state index contributed by atoms with van der Waals surface area (Å²) in [7, 11) is 0. The molecule has 2 nitrogen and oxygen atoms in total. The minimum Gasteiger partial charge on any atom is -0.295 e.